The lowest BCUT2D eigenvalue weighted by atomic mass is 10.0. The lowest BCUT2D eigenvalue weighted by Crippen LogP contribution is -2.43. The fraction of sp³-hybridized carbons (Fsp3) is 0.474. The van der Waals surface area contributed by atoms with Gasteiger partial charge in [-0.1, -0.05) is 44.2 Å². The van der Waals surface area contributed by atoms with Crippen LogP contribution in [0.5, 0.6) is 0 Å². The maximum absolute atomic E-state index is 12.8. The molecule has 0 saturated carbocycles. The van der Waals surface area contributed by atoms with Crippen molar-refractivity contribution in [3.63, 3.8) is 0 Å². The average Bonchev–Trinajstić information content (AvgIpc) is 3.09. The van der Waals surface area contributed by atoms with Crippen molar-refractivity contribution in [2.75, 3.05) is 19.8 Å². The third-order valence-electron chi connectivity index (χ3n) is 4.46. The smallest absolute Gasteiger partial charge is 0.225 e. The predicted octanol–water partition coefficient (Wildman–Crippen LogP) is 3.00. The van der Waals surface area contributed by atoms with Crippen LogP contribution in [0, 0.1) is 0 Å². The molecule has 5 nitrogen and oxygen atoms in total. The van der Waals surface area contributed by atoms with E-state index in [1.165, 1.54) is 0 Å². The van der Waals surface area contributed by atoms with Crippen molar-refractivity contribution >= 4 is 5.91 Å². The van der Waals surface area contributed by atoms with Gasteiger partial charge in [0, 0.05) is 37.8 Å². The van der Waals surface area contributed by atoms with Crippen LogP contribution in [-0.4, -0.2) is 40.1 Å². The lowest BCUT2D eigenvalue weighted by Gasteiger charge is -2.36. The summed E-state index contributed by atoms with van der Waals surface area (Å²) >= 11 is 0. The van der Waals surface area contributed by atoms with Crippen LogP contribution in [0.25, 0.3) is 0 Å². The Bertz CT molecular complexity index is 666. The Balaban J connectivity index is 1.67. The molecule has 1 saturated heterocycles. The van der Waals surface area contributed by atoms with Crippen LogP contribution in [0.2, 0.25) is 0 Å². The van der Waals surface area contributed by atoms with Gasteiger partial charge in [-0.05, 0) is 5.56 Å². The Morgan fingerprint density at radius 3 is 2.88 bits per heavy atom. The molecule has 0 unspecified atom stereocenters. The largest absolute Gasteiger partial charge is 0.377 e. The summed E-state index contributed by atoms with van der Waals surface area (Å²) in [7, 11) is 0. The molecule has 5 heteroatoms. The van der Waals surface area contributed by atoms with E-state index in [1.54, 1.807) is 6.20 Å². The van der Waals surface area contributed by atoms with Gasteiger partial charge in [-0.2, -0.15) is 0 Å². The summed E-state index contributed by atoms with van der Waals surface area (Å²) in [6.45, 7) is 6.74. The maximum Gasteiger partial charge on any atom is 0.225 e. The second kappa shape index (κ2) is 7.62. The molecule has 1 atom stereocenters. The average molecular weight is 327 g/mol. The van der Waals surface area contributed by atoms with E-state index in [0.29, 0.717) is 38.6 Å². The van der Waals surface area contributed by atoms with Gasteiger partial charge in [0.05, 0.1) is 19.3 Å². The number of carbonyl (C=O) groups is 1. The van der Waals surface area contributed by atoms with Gasteiger partial charge in [0.2, 0.25) is 5.91 Å². The van der Waals surface area contributed by atoms with E-state index in [-0.39, 0.29) is 11.9 Å². The van der Waals surface area contributed by atoms with E-state index in [0.717, 1.165) is 11.4 Å². The molecule has 1 aromatic carbocycles. The van der Waals surface area contributed by atoms with Gasteiger partial charge in [-0.3, -0.25) is 4.79 Å². The monoisotopic (exact) mass is 327 g/mol. The highest BCUT2D eigenvalue weighted by atomic mass is 16.5. The Morgan fingerprint density at radius 1 is 1.33 bits per heavy atom. The number of aromatic nitrogens is 2. The molecule has 2 heterocycles. The summed E-state index contributed by atoms with van der Waals surface area (Å²) in [5.74, 6) is 1.57. The number of rotatable bonds is 5. The number of ether oxygens (including phenoxy) is 1. The van der Waals surface area contributed by atoms with Gasteiger partial charge < -0.3 is 14.2 Å². The van der Waals surface area contributed by atoms with E-state index in [1.807, 2.05) is 29.3 Å². The minimum absolute atomic E-state index is 0.0137. The number of hydrogen-bond donors (Lipinski definition) is 0. The summed E-state index contributed by atoms with van der Waals surface area (Å²) in [5.41, 5.74) is 1.14. The molecule has 1 aromatic heterocycles. The number of nitrogens with zero attached hydrogens (tertiary/aromatic N) is 3. The van der Waals surface area contributed by atoms with Crippen LogP contribution in [0.3, 0.4) is 0 Å². The fourth-order valence-electron chi connectivity index (χ4n) is 3.22. The van der Waals surface area contributed by atoms with Crippen molar-refractivity contribution in [1.82, 2.24) is 14.5 Å². The zero-order valence-electron chi connectivity index (χ0n) is 14.4. The Kier molecular flexibility index (Phi) is 5.30. The third kappa shape index (κ3) is 3.67. The fourth-order valence-corrected chi connectivity index (χ4v) is 3.22. The van der Waals surface area contributed by atoms with E-state index < -0.39 is 0 Å². The van der Waals surface area contributed by atoms with Crippen molar-refractivity contribution < 1.29 is 9.53 Å². The molecular weight excluding hydrogens is 302 g/mol. The molecule has 1 amide bonds. The molecule has 1 aliphatic rings. The molecule has 0 radical (unpaired) electrons. The number of morpholine rings is 1. The quantitative estimate of drug-likeness (QED) is 0.848. The molecule has 0 spiro atoms. The van der Waals surface area contributed by atoms with Gasteiger partial charge in [0.25, 0.3) is 0 Å². The number of hydrogen-bond acceptors (Lipinski definition) is 3. The van der Waals surface area contributed by atoms with Crippen LogP contribution in [0.15, 0.2) is 42.7 Å². The molecule has 3 rings (SSSR count). The van der Waals surface area contributed by atoms with Crippen molar-refractivity contribution in [2.24, 2.45) is 0 Å². The van der Waals surface area contributed by atoms with Gasteiger partial charge in [0.1, 0.15) is 5.82 Å². The summed E-state index contributed by atoms with van der Waals surface area (Å²) in [5, 5.41) is 0. The molecule has 0 N–H and O–H groups in total. The molecule has 0 aliphatic carbocycles. The number of carbonyl (C=O) groups excluding carboxylic acids is 1. The first-order valence-electron chi connectivity index (χ1n) is 8.60. The SMILES string of the molecule is CC(C)c1nccn1CCC(=O)N1CCOC[C@H]1c1ccccc1. The van der Waals surface area contributed by atoms with Crippen LogP contribution >= 0.6 is 0 Å². The molecule has 1 aliphatic heterocycles. The number of imidazole rings is 1. The minimum atomic E-state index is 0.0137. The zero-order chi connectivity index (χ0) is 16.9. The normalized spacial score (nSPS) is 18.1. The molecule has 128 valence electrons. The summed E-state index contributed by atoms with van der Waals surface area (Å²) in [6, 6.07) is 10.1. The molecule has 2 aromatic rings. The first kappa shape index (κ1) is 16.7. The summed E-state index contributed by atoms with van der Waals surface area (Å²) < 4.78 is 7.69. The Morgan fingerprint density at radius 2 is 2.12 bits per heavy atom. The summed E-state index contributed by atoms with van der Waals surface area (Å²) in [6.07, 6.45) is 4.25. The number of aryl methyl sites for hydroxylation is 1. The second-order valence-corrected chi connectivity index (χ2v) is 6.47. The van der Waals surface area contributed by atoms with E-state index in [9.17, 15) is 4.79 Å². The van der Waals surface area contributed by atoms with Crippen LogP contribution in [-0.2, 0) is 16.1 Å². The highest BCUT2D eigenvalue weighted by Crippen LogP contribution is 2.25. The number of benzene rings is 1. The first-order chi connectivity index (χ1) is 11.7. The molecule has 0 bridgehead atoms. The molecule has 1 fully saturated rings. The maximum atomic E-state index is 12.8. The van der Waals surface area contributed by atoms with Gasteiger partial charge >= 0.3 is 0 Å². The van der Waals surface area contributed by atoms with Crippen molar-refractivity contribution in [2.45, 2.75) is 38.8 Å². The molecule has 24 heavy (non-hydrogen) atoms. The third-order valence-corrected chi connectivity index (χ3v) is 4.46. The summed E-state index contributed by atoms with van der Waals surface area (Å²) in [4.78, 5) is 19.1. The first-order valence-corrected chi connectivity index (χ1v) is 8.60. The predicted molar refractivity (Wildman–Crippen MR) is 92.6 cm³/mol. The van der Waals surface area contributed by atoms with Gasteiger partial charge in [-0.15, -0.1) is 0 Å². The van der Waals surface area contributed by atoms with Crippen LogP contribution in [0.4, 0.5) is 0 Å². The van der Waals surface area contributed by atoms with E-state index in [4.69, 9.17) is 4.74 Å². The van der Waals surface area contributed by atoms with Gasteiger partial charge in [-0.25, -0.2) is 4.98 Å². The minimum Gasteiger partial charge on any atom is -0.377 e. The standard InChI is InChI=1S/C19H25N3O2/c1-15(2)19-20-9-11-21(19)10-8-18(23)22-12-13-24-14-17(22)16-6-4-3-5-7-16/h3-7,9,11,15,17H,8,10,12-14H2,1-2H3/t17-/m0/s1. The second-order valence-electron chi connectivity index (χ2n) is 6.47. The van der Waals surface area contributed by atoms with Crippen molar-refractivity contribution in [3.8, 4) is 0 Å². The highest BCUT2D eigenvalue weighted by molar-refractivity contribution is 5.76. The topological polar surface area (TPSA) is 47.4 Å². The van der Waals surface area contributed by atoms with Crippen LogP contribution < -0.4 is 0 Å². The Labute approximate surface area is 143 Å². The van der Waals surface area contributed by atoms with E-state index in [2.05, 4.69) is 35.5 Å². The van der Waals surface area contributed by atoms with E-state index >= 15 is 0 Å². The van der Waals surface area contributed by atoms with Gasteiger partial charge in [0.15, 0.2) is 0 Å². The molecular formula is C19H25N3O2. The number of amides is 1. The lowest BCUT2D eigenvalue weighted by molar-refractivity contribution is -0.140. The van der Waals surface area contributed by atoms with Crippen molar-refractivity contribution in [1.29, 1.82) is 0 Å². The van der Waals surface area contributed by atoms with Crippen LogP contribution in [0.1, 0.15) is 43.6 Å². The Hall–Kier alpha value is -2.14. The zero-order valence-corrected chi connectivity index (χ0v) is 14.4. The van der Waals surface area contributed by atoms with Crippen molar-refractivity contribution in [3.05, 3.63) is 54.1 Å². The highest BCUT2D eigenvalue weighted by Gasteiger charge is 2.28.